The van der Waals surface area contributed by atoms with Crippen LogP contribution < -0.4 is 10.6 Å². The molecule has 2 amide bonds. The lowest BCUT2D eigenvalue weighted by molar-refractivity contribution is -0.131. The Bertz CT molecular complexity index is 969. The number of nitrogens with one attached hydrogen (secondary N) is 2. The third-order valence-corrected chi connectivity index (χ3v) is 5.93. The predicted octanol–water partition coefficient (Wildman–Crippen LogP) is 1.54. The number of carbonyl (C=O) groups is 2. The number of rotatable bonds is 6. The normalized spacial score (nSPS) is 19.0. The molecule has 0 spiro atoms. The van der Waals surface area contributed by atoms with Crippen molar-refractivity contribution in [2.24, 2.45) is 13.0 Å². The third-order valence-electron chi connectivity index (χ3n) is 4.73. The van der Waals surface area contributed by atoms with Gasteiger partial charge in [0.2, 0.25) is 5.91 Å². The zero-order valence-electron chi connectivity index (χ0n) is 14.8. The first-order chi connectivity index (χ1) is 13.0. The van der Waals surface area contributed by atoms with E-state index < -0.39 is 0 Å². The number of amides is 2. The van der Waals surface area contributed by atoms with Gasteiger partial charge in [-0.15, -0.1) is 11.3 Å². The topological polar surface area (TPSA) is 109 Å². The van der Waals surface area contributed by atoms with Crippen molar-refractivity contribution in [1.29, 1.82) is 0 Å². The van der Waals surface area contributed by atoms with E-state index in [2.05, 4.69) is 15.7 Å². The van der Waals surface area contributed by atoms with Crippen LogP contribution in [0.1, 0.15) is 34.0 Å². The molecule has 4 rings (SSSR count). The molecule has 0 aromatic carbocycles. The summed E-state index contributed by atoms with van der Waals surface area (Å²) >= 11 is 1.36. The van der Waals surface area contributed by atoms with Gasteiger partial charge in [0, 0.05) is 18.4 Å². The van der Waals surface area contributed by atoms with Crippen LogP contribution in [0.5, 0.6) is 0 Å². The van der Waals surface area contributed by atoms with Crippen molar-refractivity contribution < 1.29 is 19.1 Å². The number of fused-ring (bicyclic) bond motifs is 1. The molecule has 3 N–H and O–H groups in total. The first kappa shape index (κ1) is 17.7. The van der Waals surface area contributed by atoms with Crippen LogP contribution in [0.3, 0.4) is 0 Å². The van der Waals surface area contributed by atoms with Crippen molar-refractivity contribution in [2.45, 2.75) is 32.0 Å². The Morgan fingerprint density at radius 3 is 2.89 bits per heavy atom. The van der Waals surface area contributed by atoms with Crippen LogP contribution >= 0.6 is 11.3 Å². The second-order valence-corrected chi connectivity index (χ2v) is 7.73. The van der Waals surface area contributed by atoms with E-state index in [1.165, 1.54) is 11.3 Å². The minimum absolute atomic E-state index is 0.0641. The molecule has 1 aliphatic carbocycles. The third kappa shape index (κ3) is 3.60. The van der Waals surface area contributed by atoms with Gasteiger partial charge in [0.05, 0.1) is 36.0 Å². The average Bonchev–Trinajstić information content (AvgIpc) is 3.34. The smallest absolute Gasteiger partial charge is 0.261 e. The summed E-state index contributed by atoms with van der Waals surface area (Å²) < 4.78 is 6.94. The van der Waals surface area contributed by atoms with Crippen LogP contribution in [-0.4, -0.2) is 32.8 Å². The minimum Gasteiger partial charge on any atom is -0.467 e. The van der Waals surface area contributed by atoms with Crippen LogP contribution in [0.25, 0.3) is 10.2 Å². The number of aliphatic hydroxyl groups excluding tert-OH is 1. The molecule has 0 bridgehead atoms. The highest BCUT2D eigenvalue weighted by Gasteiger charge is 2.33. The average molecular weight is 388 g/mol. The Morgan fingerprint density at radius 2 is 2.19 bits per heavy atom. The summed E-state index contributed by atoms with van der Waals surface area (Å²) in [5.41, 5.74) is 0.724. The Morgan fingerprint density at radius 1 is 1.37 bits per heavy atom. The summed E-state index contributed by atoms with van der Waals surface area (Å²) in [7, 11) is 1.82. The van der Waals surface area contributed by atoms with Crippen LogP contribution in [0.15, 0.2) is 28.9 Å². The fraction of sp³-hybridized carbons (Fsp3) is 0.389. The molecule has 8 nitrogen and oxygen atoms in total. The number of hydrogen-bond acceptors (Lipinski definition) is 6. The molecular weight excluding hydrogens is 368 g/mol. The number of aryl methyl sites for hydroxylation is 1. The molecule has 0 radical (unpaired) electrons. The molecule has 142 valence electrons. The van der Waals surface area contributed by atoms with Gasteiger partial charge in [-0.1, -0.05) is 0 Å². The summed E-state index contributed by atoms with van der Waals surface area (Å²) in [5, 5.41) is 20.3. The maximum atomic E-state index is 12.4. The second kappa shape index (κ2) is 7.16. The molecule has 0 saturated heterocycles. The van der Waals surface area contributed by atoms with Crippen LogP contribution in [0, 0.1) is 5.92 Å². The van der Waals surface area contributed by atoms with E-state index in [1.54, 1.807) is 29.1 Å². The van der Waals surface area contributed by atoms with Gasteiger partial charge < -0.3 is 20.2 Å². The lowest BCUT2D eigenvalue weighted by Gasteiger charge is -2.29. The van der Waals surface area contributed by atoms with E-state index in [-0.39, 0.29) is 23.8 Å². The van der Waals surface area contributed by atoms with E-state index >= 15 is 0 Å². The summed E-state index contributed by atoms with van der Waals surface area (Å²) in [6.07, 6.45) is 2.24. The highest BCUT2D eigenvalue weighted by molar-refractivity contribution is 7.20. The Balaban J connectivity index is 1.43. The molecule has 1 saturated carbocycles. The maximum absolute atomic E-state index is 12.4. The second-order valence-electron chi connectivity index (χ2n) is 6.70. The van der Waals surface area contributed by atoms with Gasteiger partial charge in [0.25, 0.3) is 5.91 Å². The minimum atomic E-state index is -0.360. The van der Waals surface area contributed by atoms with Crippen molar-refractivity contribution in [3.63, 3.8) is 0 Å². The van der Waals surface area contributed by atoms with Crippen LogP contribution in [-0.2, 0) is 24.9 Å². The van der Waals surface area contributed by atoms with Crippen molar-refractivity contribution in [1.82, 2.24) is 20.4 Å². The first-order valence-corrected chi connectivity index (χ1v) is 9.54. The van der Waals surface area contributed by atoms with Crippen molar-refractivity contribution in [3.05, 3.63) is 40.8 Å². The molecule has 9 heteroatoms. The predicted molar refractivity (Wildman–Crippen MR) is 99.0 cm³/mol. The number of hydrogen-bond donors (Lipinski definition) is 3. The lowest BCUT2D eigenvalue weighted by Crippen LogP contribution is -2.40. The number of aromatic nitrogens is 2. The Hall–Kier alpha value is -2.65. The lowest BCUT2D eigenvalue weighted by atomic mass is 9.82. The van der Waals surface area contributed by atoms with Crippen LogP contribution in [0.2, 0.25) is 0 Å². The molecule has 3 heterocycles. The number of aliphatic hydroxyl groups is 1. The summed E-state index contributed by atoms with van der Waals surface area (Å²) in [4.78, 5) is 25.9. The zero-order valence-corrected chi connectivity index (χ0v) is 15.6. The van der Waals surface area contributed by atoms with Gasteiger partial charge in [-0.05, 0) is 31.0 Å². The molecule has 1 aliphatic rings. The molecule has 1 fully saturated rings. The molecule has 0 atom stereocenters. The number of furan rings is 1. The highest BCUT2D eigenvalue weighted by atomic mass is 32.1. The molecule has 27 heavy (non-hydrogen) atoms. The van der Waals surface area contributed by atoms with E-state index in [9.17, 15) is 14.7 Å². The SMILES string of the molecule is Cn1nc(CNC(=O)C2CC(O)C2)c2cc(C(=O)NCc3ccco3)sc21. The van der Waals surface area contributed by atoms with Crippen molar-refractivity contribution in [2.75, 3.05) is 0 Å². The molecule has 3 aromatic heterocycles. The monoisotopic (exact) mass is 388 g/mol. The zero-order chi connectivity index (χ0) is 19.0. The largest absolute Gasteiger partial charge is 0.467 e. The van der Waals surface area contributed by atoms with Crippen molar-refractivity contribution in [3.8, 4) is 0 Å². The van der Waals surface area contributed by atoms with E-state index in [0.717, 1.165) is 15.9 Å². The Labute approximate surface area is 159 Å². The number of thiophene rings is 1. The van der Waals surface area contributed by atoms with Gasteiger partial charge in [-0.2, -0.15) is 5.10 Å². The quantitative estimate of drug-likeness (QED) is 0.593. The van der Waals surface area contributed by atoms with Gasteiger partial charge in [0.1, 0.15) is 10.6 Å². The van der Waals surface area contributed by atoms with Gasteiger partial charge in [-0.3, -0.25) is 14.3 Å². The Kier molecular flexibility index (Phi) is 4.71. The molecular formula is C18H20N4O4S. The fourth-order valence-electron chi connectivity index (χ4n) is 3.14. The molecule has 0 unspecified atom stereocenters. The summed E-state index contributed by atoms with van der Waals surface area (Å²) in [6.45, 7) is 0.626. The molecule has 0 aliphatic heterocycles. The maximum Gasteiger partial charge on any atom is 0.261 e. The van der Waals surface area contributed by atoms with Crippen molar-refractivity contribution >= 4 is 33.4 Å². The van der Waals surface area contributed by atoms with Gasteiger partial charge in [-0.25, -0.2) is 0 Å². The van der Waals surface area contributed by atoms with E-state index in [0.29, 0.717) is 36.6 Å². The summed E-state index contributed by atoms with van der Waals surface area (Å²) in [6, 6.07) is 5.38. The fourth-order valence-corrected chi connectivity index (χ4v) is 4.15. The summed E-state index contributed by atoms with van der Waals surface area (Å²) in [5.74, 6) is 0.331. The number of carbonyl (C=O) groups excluding carboxylic acids is 2. The highest BCUT2D eigenvalue weighted by Crippen LogP contribution is 2.29. The van der Waals surface area contributed by atoms with E-state index in [4.69, 9.17) is 4.42 Å². The van der Waals surface area contributed by atoms with Gasteiger partial charge in [0.15, 0.2) is 0 Å². The standard InChI is InChI=1S/C18H20N4O4S/c1-22-18-13(14(21-22)9-20-16(24)10-5-11(23)6-10)7-15(27-18)17(25)19-8-12-3-2-4-26-12/h2-4,7,10-11,23H,5-6,8-9H2,1H3,(H,19,25)(H,20,24). The molecule has 3 aromatic rings. The van der Waals surface area contributed by atoms with Crippen LogP contribution in [0.4, 0.5) is 0 Å². The first-order valence-electron chi connectivity index (χ1n) is 8.73. The number of nitrogens with zero attached hydrogens (tertiary/aromatic N) is 2. The van der Waals surface area contributed by atoms with E-state index in [1.807, 2.05) is 7.05 Å². The van der Waals surface area contributed by atoms with Gasteiger partial charge >= 0.3 is 0 Å².